The number of alkyl halides is 1. The van der Waals surface area contributed by atoms with Gasteiger partial charge in [-0.1, -0.05) is 12.1 Å². The molecule has 0 aliphatic carbocycles. The van der Waals surface area contributed by atoms with Crippen LogP contribution in [0.1, 0.15) is 35.3 Å². The van der Waals surface area contributed by atoms with Gasteiger partial charge in [-0.15, -0.1) is 0 Å². The molecule has 0 bridgehead atoms. The van der Waals surface area contributed by atoms with Gasteiger partial charge in [-0.2, -0.15) is 0 Å². The van der Waals surface area contributed by atoms with Crippen LogP contribution in [0.2, 0.25) is 0 Å². The van der Waals surface area contributed by atoms with E-state index < -0.39 is 18.2 Å². The molecule has 3 atom stereocenters. The van der Waals surface area contributed by atoms with Gasteiger partial charge < -0.3 is 15.7 Å². The summed E-state index contributed by atoms with van der Waals surface area (Å²) in [5, 5.41) is 14.4. The number of amides is 1. The fourth-order valence-corrected chi connectivity index (χ4v) is 2.20. The lowest BCUT2D eigenvalue weighted by molar-refractivity contribution is -0.123. The van der Waals surface area contributed by atoms with E-state index in [-0.39, 0.29) is 30.5 Å². The van der Waals surface area contributed by atoms with Crippen molar-refractivity contribution in [3.63, 3.8) is 0 Å². The summed E-state index contributed by atoms with van der Waals surface area (Å²) < 4.78 is 13.0. The monoisotopic (exact) mass is 280 g/mol. The molecular weight excluding hydrogens is 263 g/mol. The van der Waals surface area contributed by atoms with Crippen molar-refractivity contribution < 1.29 is 19.1 Å². The number of hydrogen-bond acceptors (Lipinski definition) is 3. The maximum Gasteiger partial charge on any atom is 0.335 e. The molecule has 1 aromatic rings. The average Bonchev–Trinajstić information content (AvgIpc) is 2.85. The zero-order chi connectivity index (χ0) is 14.7. The highest BCUT2D eigenvalue weighted by Gasteiger charge is 2.29. The maximum absolute atomic E-state index is 13.0. The molecule has 1 aliphatic rings. The molecule has 1 amide bonds. The minimum absolute atomic E-state index is 0.191. The molecule has 2 unspecified atom stereocenters. The first-order valence-corrected chi connectivity index (χ1v) is 6.48. The normalized spacial score (nSPS) is 23.3. The van der Waals surface area contributed by atoms with Crippen molar-refractivity contribution in [3.8, 4) is 0 Å². The van der Waals surface area contributed by atoms with Gasteiger partial charge in [0, 0.05) is 13.0 Å². The van der Waals surface area contributed by atoms with Gasteiger partial charge in [-0.05, 0) is 24.6 Å². The Morgan fingerprint density at radius 2 is 2.05 bits per heavy atom. The second-order valence-corrected chi connectivity index (χ2v) is 4.95. The molecule has 108 valence electrons. The summed E-state index contributed by atoms with van der Waals surface area (Å²) in [5.41, 5.74) is 1.00. The lowest BCUT2D eigenvalue weighted by atomic mass is 10.1. The smallest absolute Gasteiger partial charge is 0.335 e. The minimum Gasteiger partial charge on any atom is -0.478 e. The minimum atomic E-state index is -0.989. The molecule has 0 radical (unpaired) electrons. The molecule has 0 spiro atoms. The first-order chi connectivity index (χ1) is 9.47. The van der Waals surface area contributed by atoms with E-state index in [4.69, 9.17) is 5.11 Å². The van der Waals surface area contributed by atoms with Crippen LogP contribution in [0.25, 0.3) is 0 Å². The quantitative estimate of drug-likeness (QED) is 0.776. The molecular formula is C14H17FN2O3. The van der Waals surface area contributed by atoms with Crippen LogP contribution < -0.4 is 10.6 Å². The third-order valence-corrected chi connectivity index (χ3v) is 3.41. The average molecular weight is 280 g/mol. The van der Waals surface area contributed by atoms with E-state index in [1.165, 1.54) is 12.1 Å². The van der Waals surface area contributed by atoms with Crippen LogP contribution in [0.15, 0.2) is 24.3 Å². The number of carbonyl (C=O) groups is 2. The lowest BCUT2D eigenvalue weighted by Crippen LogP contribution is -2.41. The molecule has 1 heterocycles. The number of hydrogen-bond donors (Lipinski definition) is 3. The zero-order valence-electron chi connectivity index (χ0n) is 11.1. The third kappa shape index (κ3) is 3.33. The number of carboxylic acid groups (broad SMARTS) is 1. The van der Waals surface area contributed by atoms with Gasteiger partial charge in [0.1, 0.15) is 6.17 Å². The summed E-state index contributed by atoms with van der Waals surface area (Å²) in [6.07, 6.45) is -0.785. The van der Waals surface area contributed by atoms with Crippen molar-refractivity contribution in [2.24, 2.45) is 0 Å². The Balaban J connectivity index is 1.95. The van der Waals surface area contributed by atoms with Crippen molar-refractivity contribution in [2.75, 3.05) is 6.54 Å². The van der Waals surface area contributed by atoms with Gasteiger partial charge in [0.25, 0.3) is 0 Å². The van der Waals surface area contributed by atoms with Crippen molar-refractivity contribution in [2.45, 2.75) is 31.6 Å². The van der Waals surface area contributed by atoms with Crippen molar-refractivity contribution in [1.29, 1.82) is 0 Å². The van der Waals surface area contributed by atoms with Crippen molar-refractivity contribution >= 4 is 11.9 Å². The van der Waals surface area contributed by atoms with E-state index in [0.29, 0.717) is 0 Å². The topological polar surface area (TPSA) is 78.4 Å². The Morgan fingerprint density at radius 1 is 1.40 bits per heavy atom. The lowest BCUT2D eigenvalue weighted by Gasteiger charge is -2.17. The van der Waals surface area contributed by atoms with Gasteiger partial charge in [0.05, 0.1) is 17.6 Å². The maximum atomic E-state index is 13.0. The molecule has 2 rings (SSSR count). The molecule has 6 heteroatoms. The van der Waals surface area contributed by atoms with Crippen LogP contribution in [0.5, 0.6) is 0 Å². The summed E-state index contributed by atoms with van der Waals surface area (Å²) in [6.45, 7) is 2.01. The second-order valence-electron chi connectivity index (χ2n) is 4.95. The fraction of sp³-hybridized carbons (Fsp3) is 0.429. The highest BCUT2D eigenvalue weighted by Crippen LogP contribution is 2.15. The Hall–Kier alpha value is -1.95. The van der Waals surface area contributed by atoms with E-state index in [1.807, 2.05) is 0 Å². The Kier molecular flexibility index (Phi) is 4.34. The van der Waals surface area contributed by atoms with E-state index in [2.05, 4.69) is 10.6 Å². The van der Waals surface area contributed by atoms with Gasteiger partial charge >= 0.3 is 5.97 Å². The summed E-state index contributed by atoms with van der Waals surface area (Å²) in [6, 6.07) is 5.55. The fourth-order valence-electron chi connectivity index (χ4n) is 2.20. The van der Waals surface area contributed by atoms with E-state index in [1.54, 1.807) is 19.1 Å². The first kappa shape index (κ1) is 14.5. The molecule has 3 N–H and O–H groups in total. The van der Waals surface area contributed by atoms with E-state index in [0.717, 1.165) is 5.56 Å². The molecule has 1 aliphatic heterocycles. The number of carboxylic acids is 1. The summed E-state index contributed by atoms with van der Waals surface area (Å²) >= 11 is 0. The first-order valence-electron chi connectivity index (χ1n) is 6.48. The Morgan fingerprint density at radius 3 is 2.55 bits per heavy atom. The third-order valence-electron chi connectivity index (χ3n) is 3.41. The van der Waals surface area contributed by atoms with Gasteiger partial charge in [0.15, 0.2) is 0 Å². The zero-order valence-corrected chi connectivity index (χ0v) is 11.1. The SMILES string of the molecule is CC(NC(=O)C1C[C@H](F)CN1)c1ccc(C(=O)O)cc1. The number of aromatic carboxylic acids is 1. The molecule has 1 fully saturated rings. The Bertz CT molecular complexity index is 504. The number of benzene rings is 1. The summed E-state index contributed by atoms with van der Waals surface area (Å²) in [7, 11) is 0. The van der Waals surface area contributed by atoms with Crippen LogP contribution in [0, 0.1) is 0 Å². The Labute approximate surface area is 116 Å². The largest absolute Gasteiger partial charge is 0.478 e. The number of nitrogens with one attached hydrogen (secondary N) is 2. The highest BCUT2D eigenvalue weighted by molar-refractivity contribution is 5.87. The summed E-state index contributed by atoms with van der Waals surface area (Å²) in [5.74, 6) is -1.22. The molecule has 0 saturated carbocycles. The molecule has 1 aromatic carbocycles. The van der Waals surface area contributed by atoms with Crippen LogP contribution in [-0.2, 0) is 4.79 Å². The number of halogens is 1. The van der Waals surface area contributed by atoms with Crippen molar-refractivity contribution in [3.05, 3.63) is 35.4 Å². The summed E-state index contributed by atoms with van der Waals surface area (Å²) in [4.78, 5) is 22.7. The standard InChI is InChI=1S/C14H17FN2O3/c1-8(9-2-4-10(5-3-9)14(19)20)17-13(18)12-6-11(15)7-16-12/h2-5,8,11-12,16H,6-7H2,1H3,(H,17,18)(H,19,20)/t8?,11-,12?/m0/s1. The second kappa shape index (κ2) is 6.00. The van der Waals surface area contributed by atoms with Crippen LogP contribution in [0.3, 0.4) is 0 Å². The van der Waals surface area contributed by atoms with E-state index in [9.17, 15) is 14.0 Å². The van der Waals surface area contributed by atoms with Crippen LogP contribution in [0.4, 0.5) is 4.39 Å². The number of carbonyl (C=O) groups excluding carboxylic acids is 1. The van der Waals surface area contributed by atoms with Gasteiger partial charge in [-0.3, -0.25) is 4.79 Å². The van der Waals surface area contributed by atoms with E-state index >= 15 is 0 Å². The van der Waals surface area contributed by atoms with Crippen molar-refractivity contribution in [1.82, 2.24) is 10.6 Å². The van der Waals surface area contributed by atoms with Gasteiger partial charge in [0.2, 0.25) is 5.91 Å². The molecule has 1 saturated heterocycles. The predicted octanol–water partition coefficient (Wildman–Crippen LogP) is 1.26. The van der Waals surface area contributed by atoms with Crippen LogP contribution >= 0.6 is 0 Å². The van der Waals surface area contributed by atoms with Gasteiger partial charge in [-0.25, -0.2) is 9.18 Å². The molecule has 5 nitrogen and oxygen atoms in total. The highest BCUT2D eigenvalue weighted by atomic mass is 19.1. The molecule has 0 aromatic heterocycles. The number of rotatable bonds is 4. The predicted molar refractivity (Wildman–Crippen MR) is 71.3 cm³/mol. The van der Waals surface area contributed by atoms with Crippen LogP contribution in [-0.4, -0.2) is 35.7 Å². The molecule has 20 heavy (non-hydrogen) atoms.